The molecule has 0 aliphatic carbocycles. The molecule has 5 heteroatoms. The first-order valence-electron chi connectivity index (χ1n) is 5.31. The minimum atomic E-state index is -0.290. The lowest BCUT2D eigenvalue weighted by Crippen LogP contribution is -2.06. The third-order valence-corrected chi connectivity index (χ3v) is 3.42. The van der Waals surface area contributed by atoms with Crippen LogP contribution in [-0.4, -0.2) is 12.1 Å². The fourth-order valence-electron chi connectivity index (χ4n) is 1.68. The summed E-state index contributed by atoms with van der Waals surface area (Å²) in [6.07, 6.45) is 0. The third kappa shape index (κ3) is 1.78. The van der Waals surface area contributed by atoms with E-state index in [0.717, 1.165) is 4.88 Å². The topological polar surface area (TPSA) is 52.3 Å². The maximum Gasteiger partial charge on any atom is 0.284 e. The fraction of sp³-hybridized carbons (Fsp3) is 0.0769. The van der Waals surface area contributed by atoms with Crippen LogP contribution in [0.4, 0.5) is 0 Å². The highest BCUT2D eigenvalue weighted by Gasteiger charge is 2.09. The quantitative estimate of drug-likeness (QED) is 0.710. The summed E-state index contributed by atoms with van der Waals surface area (Å²) in [7, 11) is 1.57. The van der Waals surface area contributed by atoms with Crippen LogP contribution in [0.15, 0.2) is 44.9 Å². The van der Waals surface area contributed by atoms with Crippen molar-refractivity contribution in [3.05, 3.63) is 46.1 Å². The smallest absolute Gasteiger partial charge is 0.284 e. The summed E-state index contributed by atoms with van der Waals surface area (Å²) in [5.74, 6) is 0.990. The summed E-state index contributed by atoms with van der Waals surface area (Å²) in [5.41, 5.74) is 0.194. The molecular weight excluding hydrogens is 250 g/mol. The second kappa shape index (κ2) is 4.27. The summed E-state index contributed by atoms with van der Waals surface area (Å²) in [5, 5.41) is 2.36. The number of fused-ring (bicyclic) bond motifs is 1. The van der Waals surface area contributed by atoms with Crippen molar-refractivity contribution in [1.29, 1.82) is 0 Å². The minimum absolute atomic E-state index is 0.290. The van der Waals surface area contributed by atoms with Gasteiger partial charge in [-0.25, -0.2) is 0 Å². The Bertz CT molecular complexity index is 747. The number of hydrogen-bond donors (Lipinski definition) is 0. The monoisotopic (exact) mass is 259 g/mol. The number of methoxy groups -OCH3 is 1. The lowest BCUT2D eigenvalue weighted by Gasteiger charge is -2.02. The first kappa shape index (κ1) is 11.0. The molecule has 2 heterocycles. The standard InChI is InChI=1S/C13H9NO3S/c1-16-8-4-5-9-10(7-8)17-13(14-12(9)15)11-3-2-6-18-11/h2-7H,1H3. The van der Waals surface area contributed by atoms with E-state index in [2.05, 4.69) is 4.98 Å². The van der Waals surface area contributed by atoms with Crippen molar-refractivity contribution >= 4 is 22.3 Å². The number of benzene rings is 1. The molecule has 2 aromatic heterocycles. The van der Waals surface area contributed by atoms with E-state index in [9.17, 15) is 4.79 Å². The van der Waals surface area contributed by atoms with Gasteiger partial charge in [0.2, 0.25) is 5.89 Å². The number of thiophene rings is 1. The molecule has 0 N–H and O–H groups in total. The van der Waals surface area contributed by atoms with Gasteiger partial charge in [-0.1, -0.05) is 6.07 Å². The fourth-order valence-corrected chi connectivity index (χ4v) is 2.32. The second-order valence-corrected chi connectivity index (χ2v) is 4.61. The van der Waals surface area contributed by atoms with Crippen molar-refractivity contribution in [3.63, 3.8) is 0 Å². The highest BCUT2D eigenvalue weighted by Crippen LogP contribution is 2.25. The molecule has 90 valence electrons. The van der Waals surface area contributed by atoms with Crippen LogP contribution >= 0.6 is 11.3 Å². The van der Waals surface area contributed by atoms with Crippen molar-refractivity contribution in [2.75, 3.05) is 7.11 Å². The van der Waals surface area contributed by atoms with Crippen LogP contribution in [0.1, 0.15) is 0 Å². The van der Waals surface area contributed by atoms with Gasteiger partial charge in [0.15, 0.2) is 0 Å². The summed E-state index contributed by atoms with van der Waals surface area (Å²) < 4.78 is 10.8. The lowest BCUT2D eigenvalue weighted by atomic mass is 10.2. The van der Waals surface area contributed by atoms with Gasteiger partial charge in [0.05, 0.1) is 17.4 Å². The van der Waals surface area contributed by atoms with Crippen molar-refractivity contribution in [2.45, 2.75) is 0 Å². The maximum atomic E-state index is 11.9. The molecule has 0 fully saturated rings. The summed E-state index contributed by atoms with van der Waals surface area (Å²) in [4.78, 5) is 16.7. The number of rotatable bonds is 2. The molecule has 0 aliphatic rings. The first-order valence-corrected chi connectivity index (χ1v) is 6.18. The van der Waals surface area contributed by atoms with Crippen LogP contribution in [0.2, 0.25) is 0 Å². The molecule has 0 saturated carbocycles. The zero-order valence-corrected chi connectivity index (χ0v) is 10.4. The minimum Gasteiger partial charge on any atom is -0.497 e. The Hall–Kier alpha value is -2.14. The van der Waals surface area contributed by atoms with E-state index in [0.29, 0.717) is 22.6 Å². The molecule has 0 bridgehead atoms. The third-order valence-electron chi connectivity index (χ3n) is 2.56. The number of hydrogen-bond acceptors (Lipinski definition) is 5. The molecular formula is C13H9NO3S. The number of ether oxygens (including phenoxy) is 1. The van der Waals surface area contributed by atoms with E-state index >= 15 is 0 Å². The van der Waals surface area contributed by atoms with Crippen molar-refractivity contribution in [2.24, 2.45) is 0 Å². The summed E-state index contributed by atoms with van der Waals surface area (Å²) >= 11 is 1.48. The van der Waals surface area contributed by atoms with Crippen LogP contribution in [0, 0.1) is 0 Å². The average Bonchev–Trinajstić information content (AvgIpc) is 2.91. The molecule has 0 unspecified atom stereocenters. The van der Waals surface area contributed by atoms with E-state index in [1.54, 1.807) is 25.3 Å². The van der Waals surface area contributed by atoms with Gasteiger partial charge < -0.3 is 9.15 Å². The van der Waals surface area contributed by atoms with E-state index < -0.39 is 0 Å². The molecule has 0 amide bonds. The van der Waals surface area contributed by atoms with E-state index in [1.165, 1.54) is 11.3 Å². The van der Waals surface area contributed by atoms with Gasteiger partial charge in [-0.05, 0) is 23.6 Å². The van der Waals surface area contributed by atoms with Crippen molar-refractivity contribution in [1.82, 2.24) is 4.98 Å². The van der Waals surface area contributed by atoms with Crippen LogP contribution in [0.5, 0.6) is 5.75 Å². The van der Waals surface area contributed by atoms with E-state index in [-0.39, 0.29) is 5.56 Å². The van der Waals surface area contributed by atoms with Gasteiger partial charge in [0, 0.05) is 6.07 Å². The Morgan fingerprint density at radius 1 is 1.33 bits per heavy atom. The van der Waals surface area contributed by atoms with Gasteiger partial charge >= 0.3 is 0 Å². The molecule has 0 atom stereocenters. The molecule has 18 heavy (non-hydrogen) atoms. The zero-order valence-electron chi connectivity index (χ0n) is 9.54. The molecule has 0 saturated heterocycles. The van der Waals surface area contributed by atoms with Crippen LogP contribution in [0.25, 0.3) is 21.7 Å². The van der Waals surface area contributed by atoms with Gasteiger partial charge in [0.1, 0.15) is 11.3 Å². The summed E-state index contributed by atoms with van der Waals surface area (Å²) in [6.45, 7) is 0. The number of nitrogens with zero attached hydrogens (tertiary/aromatic N) is 1. The van der Waals surface area contributed by atoms with Crippen LogP contribution < -0.4 is 10.3 Å². The van der Waals surface area contributed by atoms with Gasteiger partial charge in [-0.15, -0.1) is 11.3 Å². The zero-order chi connectivity index (χ0) is 12.5. The largest absolute Gasteiger partial charge is 0.497 e. The molecule has 4 nitrogen and oxygen atoms in total. The average molecular weight is 259 g/mol. The highest BCUT2D eigenvalue weighted by molar-refractivity contribution is 7.13. The van der Waals surface area contributed by atoms with Crippen molar-refractivity contribution < 1.29 is 9.15 Å². The van der Waals surface area contributed by atoms with Gasteiger partial charge in [-0.3, -0.25) is 4.79 Å². The van der Waals surface area contributed by atoms with Crippen LogP contribution in [-0.2, 0) is 0 Å². The molecule has 0 aliphatic heterocycles. The predicted molar refractivity (Wildman–Crippen MR) is 70.1 cm³/mol. The van der Waals surface area contributed by atoms with Crippen molar-refractivity contribution in [3.8, 4) is 16.5 Å². The molecule has 3 rings (SSSR count). The molecule has 0 radical (unpaired) electrons. The summed E-state index contributed by atoms with van der Waals surface area (Å²) in [6, 6.07) is 8.81. The SMILES string of the molecule is COc1ccc2c(=O)nc(-c3cccs3)oc2c1. The molecule has 0 spiro atoms. The first-order chi connectivity index (χ1) is 8.78. The Kier molecular flexibility index (Phi) is 2.60. The lowest BCUT2D eigenvalue weighted by molar-refractivity contribution is 0.414. The van der Waals surface area contributed by atoms with Crippen LogP contribution in [0.3, 0.4) is 0 Å². The highest BCUT2D eigenvalue weighted by atomic mass is 32.1. The van der Waals surface area contributed by atoms with E-state index in [1.807, 2.05) is 17.5 Å². The predicted octanol–water partition coefficient (Wildman–Crippen LogP) is 2.93. The van der Waals surface area contributed by atoms with Gasteiger partial charge in [0.25, 0.3) is 5.56 Å². The second-order valence-electron chi connectivity index (χ2n) is 3.66. The van der Waals surface area contributed by atoms with Gasteiger partial charge in [-0.2, -0.15) is 4.98 Å². The van der Waals surface area contributed by atoms with E-state index in [4.69, 9.17) is 9.15 Å². The molecule has 3 aromatic rings. The Labute approximate surface area is 106 Å². The number of aromatic nitrogens is 1. The Morgan fingerprint density at radius 3 is 2.94 bits per heavy atom. The molecule has 1 aromatic carbocycles. The normalized spacial score (nSPS) is 10.7. The Balaban J connectivity index is 2.28. The Morgan fingerprint density at radius 2 is 2.22 bits per heavy atom. The maximum absolute atomic E-state index is 11.9.